The maximum atomic E-state index is 11.8. The van der Waals surface area contributed by atoms with Gasteiger partial charge in [-0.05, 0) is 19.1 Å². The van der Waals surface area contributed by atoms with E-state index in [0.717, 1.165) is 4.47 Å². The maximum Gasteiger partial charge on any atom is 0.323 e. The minimum Gasteiger partial charge on any atom is -0.465 e. The van der Waals surface area contributed by atoms with Gasteiger partial charge in [0.1, 0.15) is 6.04 Å². The van der Waals surface area contributed by atoms with E-state index >= 15 is 0 Å². The third kappa shape index (κ3) is 5.76. The van der Waals surface area contributed by atoms with Gasteiger partial charge in [-0.2, -0.15) is 11.8 Å². The largest absolute Gasteiger partial charge is 0.465 e. The number of esters is 1. The van der Waals surface area contributed by atoms with E-state index in [1.807, 2.05) is 12.1 Å². The highest BCUT2D eigenvalue weighted by molar-refractivity contribution is 9.10. The van der Waals surface area contributed by atoms with Crippen molar-refractivity contribution >= 4 is 39.4 Å². The van der Waals surface area contributed by atoms with Crippen molar-refractivity contribution in [3.8, 4) is 0 Å². The summed E-state index contributed by atoms with van der Waals surface area (Å²) in [6, 6.07) is 6.49. The Kier molecular flexibility index (Phi) is 7.12. The Morgan fingerprint density at radius 1 is 1.37 bits per heavy atom. The van der Waals surface area contributed by atoms with Gasteiger partial charge >= 0.3 is 5.97 Å². The second kappa shape index (κ2) is 8.35. The average Bonchev–Trinajstić information content (AvgIpc) is 2.39. The van der Waals surface area contributed by atoms with Gasteiger partial charge in [-0.3, -0.25) is 9.59 Å². The number of ether oxygens (including phenoxy) is 1. The van der Waals surface area contributed by atoms with Crippen LogP contribution in [-0.2, 0) is 9.53 Å². The van der Waals surface area contributed by atoms with Crippen LogP contribution >= 0.6 is 27.7 Å². The molecule has 2 N–H and O–H groups in total. The molecule has 0 aliphatic heterocycles. The Labute approximate surface area is 125 Å². The molecule has 1 aromatic carbocycles. The third-order valence-corrected chi connectivity index (χ3v) is 3.88. The number of nitrogens with two attached hydrogens (primary N) is 1. The lowest BCUT2D eigenvalue weighted by molar-refractivity contribution is -0.144. The first-order valence-electron chi connectivity index (χ1n) is 5.83. The Morgan fingerprint density at radius 3 is 2.58 bits per heavy atom. The van der Waals surface area contributed by atoms with Gasteiger partial charge in [0.25, 0.3) is 0 Å². The number of hydrogen-bond donors (Lipinski definition) is 1. The minimum atomic E-state index is -0.678. The zero-order valence-corrected chi connectivity index (χ0v) is 13.0. The molecule has 0 unspecified atom stereocenters. The van der Waals surface area contributed by atoms with Gasteiger partial charge in [-0.25, -0.2) is 0 Å². The van der Waals surface area contributed by atoms with Gasteiger partial charge in [0.2, 0.25) is 0 Å². The molecular weight excluding hydrogens is 330 g/mol. The first-order chi connectivity index (χ1) is 9.04. The van der Waals surface area contributed by atoms with E-state index in [2.05, 4.69) is 15.9 Å². The van der Waals surface area contributed by atoms with E-state index in [9.17, 15) is 9.59 Å². The molecule has 0 bridgehead atoms. The number of hydrogen-bond acceptors (Lipinski definition) is 5. The molecule has 0 aliphatic rings. The van der Waals surface area contributed by atoms with Crippen LogP contribution in [0.3, 0.4) is 0 Å². The summed E-state index contributed by atoms with van der Waals surface area (Å²) in [5.74, 6) is 0.273. The molecule has 19 heavy (non-hydrogen) atoms. The van der Waals surface area contributed by atoms with Crippen molar-refractivity contribution in [1.29, 1.82) is 0 Å². The monoisotopic (exact) mass is 345 g/mol. The fourth-order valence-corrected chi connectivity index (χ4v) is 2.44. The quantitative estimate of drug-likeness (QED) is 0.606. The molecule has 4 nitrogen and oxygen atoms in total. The van der Waals surface area contributed by atoms with E-state index in [1.165, 1.54) is 11.8 Å². The predicted octanol–water partition coefficient (Wildman–Crippen LogP) is 2.26. The van der Waals surface area contributed by atoms with Crippen LogP contribution in [-0.4, -0.2) is 35.9 Å². The average molecular weight is 346 g/mol. The van der Waals surface area contributed by atoms with Gasteiger partial charge < -0.3 is 10.5 Å². The maximum absolute atomic E-state index is 11.8. The molecule has 0 aliphatic carbocycles. The number of benzene rings is 1. The topological polar surface area (TPSA) is 69.4 Å². The first-order valence-corrected chi connectivity index (χ1v) is 7.78. The summed E-state index contributed by atoms with van der Waals surface area (Å²) in [5.41, 5.74) is 6.29. The highest BCUT2D eigenvalue weighted by atomic mass is 79.9. The summed E-state index contributed by atoms with van der Waals surface area (Å²) in [6.07, 6.45) is 0. The molecule has 0 radical (unpaired) electrons. The van der Waals surface area contributed by atoms with Crippen LogP contribution in [0.1, 0.15) is 17.3 Å². The highest BCUT2D eigenvalue weighted by Crippen LogP contribution is 2.13. The number of carbonyl (C=O) groups is 2. The molecular formula is C13H16BrNO3S. The lowest BCUT2D eigenvalue weighted by atomic mass is 10.2. The van der Waals surface area contributed by atoms with Crippen LogP contribution < -0.4 is 5.73 Å². The lowest BCUT2D eigenvalue weighted by Crippen LogP contribution is -2.34. The van der Waals surface area contributed by atoms with Crippen molar-refractivity contribution in [3.63, 3.8) is 0 Å². The highest BCUT2D eigenvalue weighted by Gasteiger charge is 2.15. The predicted molar refractivity (Wildman–Crippen MR) is 80.4 cm³/mol. The molecule has 0 amide bonds. The molecule has 1 aromatic rings. The number of Topliss-reactive ketones (excluding diaryl/α,β-unsaturated/α-hetero) is 1. The van der Waals surface area contributed by atoms with E-state index in [-0.39, 0.29) is 5.78 Å². The SMILES string of the molecule is CCOC(=O)[C@@H](N)CSCC(=O)c1ccc(Br)cc1. The lowest BCUT2D eigenvalue weighted by Gasteiger charge is -2.09. The van der Waals surface area contributed by atoms with Crippen LogP contribution in [0.2, 0.25) is 0 Å². The van der Waals surface area contributed by atoms with Crippen LogP contribution in [0.25, 0.3) is 0 Å². The Hall–Kier alpha value is -0.850. The molecule has 0 saturated carbocycles. The van der Waals surface area contributed by atoms with Gasteiger partial charge in [0, 0.05) is 15.8 Å². The second-order valence-corrected chi connectivity index (χ2v) is 5.75. The number of ketones is 1. The Morgan fingerprint density at radius 2 is 2.00 bits per heavy atom. The summed E-state index contributed by atoms with van der Waals surface area (Å²) in [5, 5.41) is 0. The van der Waals surface area contributed by atoms with Crippen LogP contribution in [0.15, 0.2) is 28.7 Å². The van der Waals surface area contributed by atoms with Crippen molar-refractivity contribution in [1.82, 2.24) is 0 Å². The number of halogens is 1. The van der Waals surface area contributed by atoms with Crippen LogP contribution in [0.4, 0.5) is 0 Å². The standard InChI is InChI=1S/C13H16BrNO3S/c1-2-18-13(17)11(15)7-19-8-12(16)9-3-5-10(14)6-4-9/h3-6,11H,2,7-8,15H2,1H3/t11-/m0/s1. The number of thioether (sulfide) groups is 1. The fraction of sp³-hybridized carbons (Fsp3) is 0.385. The van der Waals surface area contributed by atoms with Crippen molar-refractivity contribution in [2.24, 2.45) is 5.73 Å². The van der Waals surface area contributed by atoms with Gasteiger partial charge in [-0.15, -0.1) is 0 Å². The summed E-state index contributed by atoms with van der Waals surface area (Å²) in [4.78, 5) is 23.1. The summed E-state index contributed by atoms with van der Waals surface area (Å²) < 4.78 is 5.72. The van der Waals surface area contributed by atoms with Crippen molar-refractivity contribution in [2.45, 2.75) is 13.0 Å². The molecule has 6 heteroatoms. The van der Waals surface area contributed by atoms with E-state index in [1.54, 1.807) is 19.1 Å². The van der Waals surface area contributed by atoms with Gasteiger partial charge in [0.05, 0.1) is 12.4 Å². The minimum absolute atomic E-state index is 0.0218. The Bertz CT molecular complexity index is 436. The number of carbonyl (C=O) groups excluding carboxylic acids is 2. The van der Waals surface area contributed by atoms with E-state index in [4.69, 9.17) is 10.5 Å². The van der Waals surface area contributed by atoms with Gasteiger partial charge in [-0.1, -0.05) is 28.1 Å². The molecule has 0 saturated heterocycles. The molecule has 0 spiro atoms. The van der Waals surface area contributed by atoms with Crippen LogP contribution in [0.5, 0.6) is 0 Å². The summed E-state index contributed by atoms with van der Waals surface area (Å²) in [6.45, 7) is 2.05. The normalized spacial score (nSPS) is 11.9. The molecule has 1 atom stereocenters. The Balaban J connectivity index is 2.35. The van der Waals surface area contributed by atoms with Crippen LogP contribution in [0, 0.1) is 0 Å². The van der Waals surface area contributed by atoms with Crippen molar-refractivity contribution < 1.29 is 14.3 Å². The second-order valence-electron chi connectivity index (χ2n) is 3.80. The zero-order valence-electron chi connectivity index (χ0n) is 10.6. The van der Waals surface area contributed by atoms with Crippen molar-refractivity contribution in [2.75, 3.05) is 18.1 Å². The van der Waals surface area contributed by atoms with Crippen molar-refractivity contribution in [3.05, 3.63) is 34.3 Å². The zero-order chi connectivity index (χ0) is 14.3. The number of rotatable bonds is 7. The van der Waals surface area contributed by atoms with Gasteiger partial charge in [0.15, 0.2) is 5.78 Å². The summed E-state index contributed by atoms with van der Waals surface area (Å²) in [7, 11) is 0. The summed E-state index contributed by atoms with van der Waals surface area (Å²) >= 11 is 4.65. The molecule has 0 aromatic heterocycles. The fourth-order valence-electron chi connectivity index (χ4n) is 1.32. The van der Waals surface area contributed by atoms with E-state index in [0.29, 0.717) is 23.7 Å². The van der Waals surface area contributed by atoms with E-state index < -0.39 is 12.0 Å². The molecule has 1 rings (SSSR count). The molecule has 104 valence electrons. The third-order valence-electron chi connectivity index (χ3n) is 2.29. The molecule has 0 fully saturated rings. The smallest absolute Gasteiger partial charge is 0.323 e. The molecule has 0 heterocycles. The first kappa shape index (κ1) is 16.2.